The van der Waals surface area contributed by atoms with Crippen molar-refractivity contribution in [3.63, 3.8) is 0 Å². The SMILES string of the molecule is COc1cncc(O[C@H]2CCN(C(=O)Cc3ccc(OC)c(OC)c3)C2)n1. The van der Waals surface area contributed by atoms with Gasteiger partial charge >= 0.3 is 0 Å². The Kier molecular flexibility index (Phi) is 5.95. The maximum atomic E-state index is 12.6. The molecule has 8 heteroatoms. The van der Waals surface area contributed by atoms with Gasteiger partial charge in [0, 0.05) is 13.0 Å². The lowest BCUT2D eigenvalue weighted by atomic mass is 10.1. The molecule has 0 radical (unpaired) electrons. The van der Waals surface area contributed by atoms with Crippen molar-refractivity contribution in [3.8, 4) is 23.3 Å². The number of benzene rings is 1. The number of likely N-dealkylation sites (tertiary alicyclic amines) is 1. The second-order valence-corrected chi connectivity index (χ2v) is 6.13. The van der Waals surface area contributed by atoms with Crippen LogP contribution in [0.2, 0.25) is 0 Å². The van der Waals surface area contributed by atoms with Crippen molar-refractivity contribution in [1.29, 1.82) is 0 Å². The monoisotopic (exact) mass is 373 g/mol. The largest absolute Gasteiger partial charge is 0.493 e. The van der Waals surface area contributed by atoms with Gasteiger partial charge in [-0.3, -0.25) is 9.78 Å². The number of methoxy groups -OCH3 is 3. The van der Waals surface area contributed by atoms with E-state index >= 15 is 0 Å². The molecule has 0 spiro atoms. The topological polar surface area (TPSA) is 83.0 Å². The Balaban J connectivity index is 1.57. The minimum absolute atomic E-state index is 0.0463. The third kappa shape index (κ3) is 4.58. The summed E-state index contributed by atoms with van der Waals surface area (Å²) in [7, 11) is 4.69. The summed E-state index contributed by atoms with van der Waals surface area (Å²) in [6, 6.07) is 5.50. The fraction of sp³-hybridized carbons (Fsp3) is 0.421. The van der Waals surface area contributed by atoms with Gasteiger partial charge in [-0.2, -0.15) is 4.98 Å². The third-order valence-electron chi connectivity index (χ3n) is 4.39. The molecule has 2 aromatic rings. The normalized spacial score (nSPS) is 16.1. The third-order valence-corrected chi connectivity index (χ3v) is 4.39. The Labute approximate surface area is 158 Å². The maximum absolute atomic E-state index is 12.6. The van der Waals surface area contributed by atoms with Crippen LogP contribution in [-0.4, -0.2) is 61.3 Å². The zero-order valence-electron chi connectivity index (χ0n) is 15.7. The fourth-order valence-electron chi connectivity index (χ4n) is 2.98. The smallest absolute Gasteiger partial charge is 0.235 e. The number of hydrogen-bond acceptors (Lipinski definition) is 7. The van der Waals surface area contributed by atoms with Gasteiger partial charge in [-0.15, -0.1) is 0 Å². The quantitative estimate of drug-likeness (QED) is 0.731. The highest BCUT2D eigenvalue weighted by atomic mass is 16.5. The van der Waals surface area contributed by atoms with Gasteiger partial charge in [0.25, 0.3) is 0 Å². The summed E-state index contributed by atoms with van der Waals surface area (Å²) in [4.78, 5) is 22.6. The molecule has 1 fully saturated rings. The molecule has 0 aliphatic carbocycles. The van der Waals surface area contributed by atoms with Crippen LogP contribution in [-0.2, 0) is 11.2 Å². The summed E-state index contributed by atoms with van der Waals surface area (Å²) in [5.41, 5.74) is 0.876. The van der Waals surface area contributed by atoms with E-state index in [0.29, 0.717) is 42.8 Å². The van der Waals surface area contributed by atoms with Crippen LogP contribution < -0.4 is 18.9 Å². The highest BCUT2D eigenvalue weighted by molar-refractivity contribution is 5.79. The minimum Gasteiger partial charge on any atom is -0.493 e. The molecule has 0 unspecified atom stereocenters. The lowest BCUT2D eigenvalue weighted by Crippen LogP contribution is -2.32. The first-order chi connectivity index (χ1) is 13.1. The number of rotatable bonds is 7. The molecule has 0 bridgehead atoms. The van der Waals surface area contributed by atoms with Crippen molar-refractivity contribution in [2.45, 2.75) is 18.9 Å². The lowest BCUT2D eigenvalue weighted by Gasteiger charge is -2.17. The zero-order valence-corrected chi connectivity index (χ0v) is 15.7. The minimum atomic E-state index is -0.110. The van der Waals surface area contributed by atoms with Crippen molar-refractivity contribution in [3.05, 3.63) is 36.2 Å². The van der Waals surface area contributed by atoms with Crippen LogP contribution in [0, 0.1) is 0 Å². The molecule has 1 amide bonds. The molecule has 1 aliphatic heterocycles. The first-order valence-electron chi connectivity index (χ1n) is 8.64. The predicted molar refractivity (Wildman–Crippen MR) is 97.4 cm³/mol. The summed E-state index contributed by atoms with van der Waals surface area (Å²) in [5.74, 6) is 2.09. The van der Waals surface area contributed by atoms with E-state index in [-0.39, 0.29) is 12.0 Å². The molecule has 27 heavy (non-hydrogen) atoms. The molecule has 1 aromatic heterocycles. The Morgan fingerprint density at radius 2 is 1.89 bits per heavy atom. The van der Waals surface area contributed by atoms with Crippen molar-refractivity contribution < 1.29 is 23.7 Å². The van der Waals surface area contributed by atoms with E-state index in [0.717, 1.165) is 12.0 Å². The van der Waals surface area contributed by atoms with E-state index in [1.807, 2.05) is 12.1 Å². The summed E-state index contributed by atoms with van der Waals surface area (Å²) < 4.78 is 21.4. The van der Waals surface area contributed by atoms with Gasteiger partial charge < -0.3 is 23.8 Å². The van der Waals surface area contributed by atoms with Gasteiger partial charge in [0.1, 0.15) is 6.10 Å². The second kappa shape index (κ2) is 8.57. The second-order valence-electron chi connectivity index (χ2n) is 6.13. The van der Waals surface area contributed by atoms with Crippen LogP contribution in [0.25, 0.3) is 0 Å². The molecule has 1 aliphatic rings. The first kappa shape index (κ1) is 18.8. The van der Waals surface area contributed by atoms with E-state index < -0.39 is 0 Å². The van der Waals surface area contributed by atoms with Crippen LogP contribution >= 0.6 is 0 Å². The molecule has 2 heterocycles. The summed E-state index contributed by atoms with van der Waals surface area (Å²) in [6.07, 6.45) is 3.99. The van der Waals surface area contributed by atoms with Crippen LogP contribution in [0.15, 0.2) is 30.6 Å². The molecular formula is C19H23N3O5. The molecule has 3 rings (SSSR count). The highest BCUT2D eigenvalue weighted by Gasteiger charge is 2.28. The van der Waals surface area contributed by atoms with Crippen LogP contribution in [0.5, 0.6) is 23.3 Å². The first-order valence-corrected chi connectivity index (χ1v) is 8.64. The van der Waals surface area contributed by atoms with Crippen molar-refractivity contribution >= 4 is 5.91 Å². The number of carbonyl (C=O) groups is 1. The van der Waals surface area contributed by atoms with E-state index in [4.69, 9.17) is 18.9 Å². The Bertz CT molecular complexity index is 799. The average Bonchev–Trinajstić information content (AvgIpc) is 3.16. The van der Waals surface area contributed by atoms with Gasteiger partial charge in [0.15, 0.2) is 11.5 Å². The maximum Gasteiger partial charge on any atom is 0.235 e. The average molecular weight is 373 g/mol. The molecule has 0 saturated carbocycles. The number of aromatic nitrogens is 2. The van der Waals surface area contributed by atoms with Crippen LogP contribution in [0.3, 0.4) is 0 Å². The number of nitrogens with zero attached hydrogens (tertiary/aromatic N) is 3. The Morgan fingerprint density at radius 1 is 1.11 bits per heavy atom. The van der Waals surface area contributed by atoms with E-state index in [2.05, 4.69) is 9.97 Å². The highest BCUT2D eigenvalue weighted by Crippen LogP contribution is 2.28. The fourth-order valence-corrected chi connectivity index (χ4v) is 2.98. The van der Waals surface area contributed by atoms with Gasteiger partial charge in [0.05, 0.1) is 46.7 Å². The number of hydrogen-bond donors (Lipinski definition) is 0. The van der Waals surface area contributed by atoms with Crippen LogP contribution in [0.4, 0.5) is 0 Å². The molecule has 1 atom stereocenters. The molecular weight excluding hydrogens is 350 g/mol. The van der Waals surface area contributed by atoms with E-state index in [9.17, 15) is 4.79 Å². The van der Waals surface area contributed by atoms with Crippen molar-refractivity contribution in [1.82, 2.24) is 14.9 Å². The zero-order chi connectivity index (χ0) is 19.2. The summed E-state index contributed by atoms with van der Waals surface area (Å²) >= 11 is 0. The predicted octanol–water partition coefficient (Wildman–Crippen LogP) is 1.72. The summed E-state index contributed by atoms with van der Waals surface area (Å²) in [5, 5.41) is 0. The van der Waals surface area contributed by atoms with Gasteiger partial charge in [0.2, 0.25) is 17.7 Å². The van der Waals surface area contributed by atoms with Crippen molar-refractivity contribution in [2.24, 2.45) is 0 Å². The Hall–Kier alpha value is -3.03. The van der Waals surface area contributed by atoms with Gasteiger partial charge in [-0.25, -0.2) is 0 Å². The Morgan fingerprint density at radius 3 is 2.63 bits per heavy atom. The molecule has 0 N–H and O–H groups in total. The van der Waals surface area contributed by atoms with Crippen LogP contribution in [0.1, 0.15) is 12.0 Å². The summed E-state index contributed by atoms with van der Waals surface area (Å²) in [6.45, 7) is 1.17. The van der Waals surface area contributed by atoms with E-state index in [1.165, 1.54) is 19.5 Å². The lowest BCUT2D eigenvalue weighted by molar-refractivity contribution is -0.129. The van der Waals surface area contributed by atoms with Gasteiger partial charge in [-0.05, 0) is 17.7 Å². The van der Waals surface area contributed by atoms with E-state index in [1.54, 1.807) is 25.2 Å². The molecule has 1 aromatic carbocycles. The van der Waals surface area contributed by atoms with Crippen molar-refractivity contribution in [2.75, 3.05) is 34.4 Å². The van der Waals surface area contributed by atoms with Gasteiger partial charge in [-0.1, -0.05) is 6.07 Å². The number of ether oxygens (including phenoxy) is 4. The number of amides is 1. The molecule has 1 saturated heterocycles. The standard InChI is InChI=1S/C19H23N3O5/c1-24-15-5-4-13(8-16(15)25-2)9-19(23)22-7-6-14(12-22)27-18-11-20-10-17(21-18)26-3/h4-5,8,10-11,14H,6-7,9,12H2,1-3H3/t14-/m0/s1. The number of carbonyl (C=O) groups excluding carboxylic acids is 1. The molecule has 8 nitrogen and oxygen atoms in total. The molecule has 144 valence electrons.